The number of carbonyl (C=O) groups excluding carboxylic acids is 2. The highest BCUT2D eigenvalue weighted by Crippen LogP contribution is 2.33. The molecule has 32 heavy (non-hydrogen) atoms. The first-order valence-electron chi connectivity index (χ1n) is 10.2. The second kappa shape index (κ2) is 10.2. The Morgan fingerprint density at radius 2 is 1.88 bits per heavy atom. The van der Waals surface area contributed by atoms with Crippen molar-refractivity contribution in [1.82, 2.24) is 10.3 Å². The van der Waals surface area contributed by atoms with Crippen molar-refractivity contribution in [3.8, 4) is 0 Å². The van der Waals surface area contributed by atoms with Gasteiger partial charge in [0, 0.05) is 34.6 Å². The van der Waals surface area contributed by atoms with Crippen LogP contribution in [0.1, 0.15) is 47.2 Å². The minimum absolute atomic E-state index is 0.267. The van der Waals surface area contributed by atoms with Crippen molar-refractivity contribution in [2.75, 3.05) is 16.8 Å². The summed E-state index contributed by atoms with van der Waals surface area (Å²) >= 11 is 1.19. The maximum atomic E-state index is 13.5. The molecule has 0 spiro atoms. The van der Waals surface area contributed by atoms with Gasteiger partial charge in [0.25, 0.3) is 11.8 Å². The molecule has 0 aliphatic rings. The zero-order valence-corrected chi connectivity index (χ0v) is 19.2. The summed E-state index contributed by atoms with van der Waals surface area (Å²) in [7, 11) is 0. The van der Waals surface area contributed by atoms with Gasteiger partial charge in [-0.15, -0.1) is 11.3 Å². The van der Waals surface area contributed by atoms with E-state index in [-0.39, 0.29) is 23.3 Å². The molecule has 0 aliphatic carbocycles. The van der Waals surface area contributed by atoms with E-state index in [9.17, 15) is 14.0 Å². The Kier molecular flexibility index (Phi) is 7.37. The lowest BCUT2D eigenvalue weighted by atomic mass is 10.1. The van der Waals surface area contributed by atoms with Crippen LogP contribution in [0.5, 0.6) is 0 Å². The molecule has 0 bridgehead atoms. The smallest absolute Gasteiger partial charge is 0.270 e. The highest BCUT2D eigenvalue weighted by Gasteiger charge is 2.18. The van der Waals surface area contributed by atoms with Crippen molar-refractivity contribution in [3.05, 3.63) is 82.3 Å². The van der Waals surface area contributed by atoms with Crippen LogP contribution in [-0.2, 0) is 0 Å². The molecule has 0 saturated heterocycles. The maximum Gasteiger partial charge on any atom is 0.270 e. The number of thiazole rings is 1. The van der Waals surface area contributed by atoms with Gasteiger partial charge < -0.3 is 10.2 Å². The standard InChI is InChI=1S/C24H25FN4O2S/c1-5-16(4)29(19-11-9-18(25)10-12-19)21-13-17(8-7-15(21)3)22(30)28-24-27-20(14-32-24)23(31)26-6-2/h5,7-14H,6H2,1-4H3,(H,26,31)(H,27,28,30)/b16-5-. The number of aromatic nitrogens is 1. The molecule has 8 heteroatoms. The van der Waals surface area contributed by atoms with E-state index in [1.165, 1.54) is 23.5 Å². The molecule has 0 aliphatic heterocycles. The number of aryl methyl sites for hydroxylation is 1. The van der Waals surface area contributed by atoms with Gasteiger partial charge in [-0.25, -0.2) is 9.37 Å². The van der Waals surface area contributed by atoms with E-state index in [0.29, 0.717) is 17.2 Å². The predicted molar refractivity (Wildman–Crippen MR) is 127 cm³/mol. The summed E-state index contributed by atoms with van der Waals surface area (Å²) in [6, 6.07) is 11.6. The van der Waals surface area contributed by atoms with Gasteiger partial charge in [-0.05, 0) is 69.7 Å². The van der Waals surface area contributed by atoms with Gasteiger partial charge in [0.1, 0.15) is 11.5 Å². The Morgan fingerprint density at radius 1 is 1.16 bits per heavy atom. The largest absolute Gasteiger partial charge is 0.351 e. The molecule has 166 valence electrons. The monoisotopic (exact) mass is 452 g/mol. The molecule has 2 N–H and O–H groups in total. The van der Waals surface area contributed by atoms with Gasteiger partial charge in [0.2, 0.25) is 0 Å². The SMILES string of the molecule is C/C=C(/C)N(c1ccc(F)cc1)c1cc(C(=O)Nc2nc(C(=O)NCC)cs2)ccc1C. The fourth-order valence-electron chi connectivity index (χ4n) is 3.10. The zero-order valence-electron chi connectivity index (χ0n) is 18.4. The normalized spacial score (nSPS) is 11.2. The summed E-state index contributed by atoms with van der Waals surface area (Å²) in [5.41, 5.74) is 4.19. The number of halogens is 1. The van der Waals surface area contributed by atoms with Crippen LogP contribution in [0.3, 0.4) is 0 Å². The lowest BCUT2D eigenvalue weighted by Crippen LogP contribution is -2.23. The molecule has 0 radical (unpaired) electrons. The van der Waals surface area contributed by atoms with E-state index >= 15 is 0 Å². The highest BCUT2D eigenvalue weighted by atomic mass is 32.1. The fourth-order valence-corrected chi connectivity index (χ4v) is 3.79. The number of nitrogens with one attached hydrogen (secondary N) is 2. The number of carbonyl (C=O) groups is 2. The van der Waals surface area contributed by atoms with E-state index in [1.807, 2.05) is 44.7 Å². The van der Waals surface area contributed by atoms with Crippen LogP contribution >= 0.6 is 11.3 Å². The van der Waals surface area contributed by atoms with Crippen LogP contribution in [0.15, 0.2) is 59.6 Å². The summed E-state index contributed by atoms with van der Waals surface area (Å²) in [6.45, 7) is 8.16. The molecule has 3 aromatic rings. The molecule has 1 heterocycles. The minimum Gasteiger partial charge on any atom is -0.351 e. The fraction of sp³-hybridized carbons (Fsp3) is 0.208. The third-order valence-electron chi connectivity index (χ3n) is 4.86. The second-order valence-corrected chi connectivity index (χ2v) is 7.95. The van der Waals surface area contributed by atoms with Crippen molar-refractivity contribution < 1.29 is 14.0 Å². The third-order valence-corrected chi connectivity index (χ3v) is 5.62. The van der Waals surface area contributed by atoms with Gasteiger partial charge in [0.05, 0.1) is 0 Å². The molecule has 2 amide bonds. The van der Waals surface area contributed by atoms with Gasteiger partial charge in [-0.3, -0.25) is 14.9 Å². The number of anilines is 3. The summed E-state index contributed by atoms with van der Waals surface area (Å²) in [4.78, 5) is 31.0. The first kappa shape index (κ1) is 23.1. The first-order valence-corrected chi connectivity index (χ1v) is 11.1. The average molecular weight is 453 g/mol. The van der Waals surface area contributed by atoms with Gasteiger partial charge in [0.15, 0.2) is 5.13 Å². The van der Waals surface area contributed by atoms with Crippen LogP contribution in [0.4, 0.5) is 20.9 Å². The Hall–Kier alpha value is -3.52. The molecule has 0 atom stereocenters. The van der Waals surface area contributed by atoms with Gasteiger partial charge in [-0.1, -0.05) is 12.1 Å². The van der Waals surface area contributed by atoms with Crippen molar-refractivity contribution in [2.24, 2.45) is 0 Å². The number of hydrogen-bond acceptors (Lipinski definition) is 5. The molecular formula is C24H25FN4O2S. The molecule has 6 nitrogen and oxygen atoms in total. The third kappa shape index (κ3) is 5.20. The minimum atomic E-state index is -0.333. The van der Waals surface area contributed by atoms with Gasteiger partial charge >= 0.3 is 0 Å². The van der Waals surface area contributed by atoms with Crippen LogP contribution in [-0.4, -0.2) is 23.3 Å². The lowest BCUT2D eigenvalue weighted by Gasteiger charge is -2.28. The molecule has 2 aromatic carbocycles. The number of amides is 2. The van der Waals surface area contributed by atoms with E-state index < -0.39 is 0 Å². The molecular weight excluding hydrogens is 427 g/mol. The Balaban J connectivity index is 1.90. The number of hydrogen-bond donors (Lipinski definition) is 2. The molecule has 0 fully saturated rings. The number of nitrogens with zero attached hydrogens (tertiary/aromatic N) is 2. The Labute approximate surface area is 190 Å². The number of allylic oxidation sites excluding steroid dienone is 2. The van der Waals surface area contributed by atoms with E-state index in [4.69, 9.17) is 0 Å². The Morgan fingerprint density at radius 3 is 2.53 bits per heavy atom. The van der Waals surface area contributed by atoms with Crippen molar-refractivity contribution in [2.45, 2.75) is 27.7 Å². The van der Waals surface area contributed by atoms with E-state index in [2.05, 4.69) is 15.6 Å². The van der Waals surface area contributed by atoms with Crippen LogP contribution in [0.25, 0.3) is 0 Å². The van der Waals surface area contributed by atoms with Crippen LogP contribution in [0, 0.1) is 12.7 Å². The molecule has 3 rings (SSSR count). The van der Waals surface area contributed by atoms with Gasteiger partial charge in [-0.2, -0.15) is 0 Å². The zero-order chi connectivity index (χ0) is 23.3. The second-order valence-electron chi connectivity index (χ2n) is 7.09. The number of benzene rings is 2. The summed E-state index contributed by atoms with van der Waals surface area (Å²) < 4.78 is 13.5. The molecule has 1 aromatic heterocycles. The van der Waals surface area contributed by atoms with E-state index in [1.54, 1.807) is 29.6 Å². The van der Waals surface area contributed by atoms with Crippen molar-refractivity contribution in [3.63, 3.8) is 0 Å². The quantitative estimate of drug-likeness (QED) is 0.485. The summed E-state index contributed by atoms with van der Waals surface area (Å²) in [6.07, 6.45) is 1.95. The topological polar surface area (TPSA) is 74.3 Å². The maximum absolute atomic E-state index is 13.5. The molecule has 0 saturated carbocycles. The van der Waals surface area contributed by atoms with Crippen molar-refractivity contribution >= 4 is 39.7 Å². The summed E-state index contributed by atoms with van der Waals surface area (Å²) in [5, 5.41) is 7.39. The highest BCUT2D eigenvalue weighted by molar-refractivity contribution is 7.14. The van der Waals surface area contributed by atoms with Crippen LogP contribution < -0.4 is 15.5 Å². The first-order chi connectivity index (χ1) is 15.3. The number of rotatable bonds is 7. The van der Waals surface area contributed by atoms with Crippen molar-refractivity contribution in [1.29, 1.82) is 0 Å². The van der Waals surface area contributed by atoms with Crippen LogP contribution in [0.2, 0.25) is 0 Å². The Bertz CT molecular complexity index is 1160. The summed E-state index contributed by atoms with van der Waals surface area (Å²) in [5.74, 6) is -0.925. The van der Waals surface area contributed by atoms with E-state index in [0.717, 1.165) is 22.6 Å². The molecule has 0 unspecified atom stereocenters. The lowest BCUT2D eigenvalue weighted by molar-refractivity contribution is 0.0950. The predicted octanol–water partition coefficient (Wildman–Crippen LogP) is 5.65. The average Bonchev–Trinajstić information content (AvgIpc) is 3.25.